The first-order chi connectivity index (χ1) is 9.35. The molecule has 0 fully saturated rings. The predicted molar refractivity (Wildman–Crippen MR) is 71.0 cm³/mol. The first-order valence-corrected chi connectivity index (χ1v) is 6.30. The summed E-state index contributed by atoms with van der Waals surface area (Å²) in [5, 5.41) is 0. The van der Waals surface area contributed by atoms with Crippen LogP contribution in [0.1, 0.15) is 33.4 Å². The normalized spacial score (nSPS) is 10.8. The fourth-order valence-corrected chi connectivity index (χ4v) is 1.38. The summed E-state index contributed by atoms with van der Waals surface area (Å²) in [7, 11) is 0. The Kier molecular flexibility index (Phi) is 5.49. The van der Waals surface area contributed by atoms with E-state index in [1.165, 1.54) is 6.92 Å². The van der Waals surface area contributed by atoms with Crippen molar-refractivity contribution >= 4 is 11.9 Å². The third-order valence-corrected chi connectivity index (χ3v) is 2.33. The number of hydrogen-bond acceptors (Lipinski definition) is 6. The Morgan fingerprint density at radius 2 is 1.95 bits per heavy atom. The van der Waals surface area contributed by atoms with E-state index in [2.05, 4.69) is 4.98 Å². The fourth-order valence-electron chi connectivity index (χ4n) is 1.38. The molecule has 0 spiro atoms. The van der Waals surface area contributed by atoms with Crippen LogP contribution in [0.5, 0.6) is 5.88 Å². The van der Waals surface area contributed by atoms with Crippen LogP contribution in [0.4, 0.5) is 0 Å². The predicted octanol–water partition coefficient (Wildman–Crippen LogP) is 1.87. The molecule has 110 valence electrons. The van der Waals surface area contributed by atoms with E-state index in [1.807, 2.05) is 0 Å². The molecule has 1 aromatic rings. The molecule has 6 nitrogen and oxygen atoms in total. The minimum absolute atomic E-state index is 0.0619. The van der Waals surface area contributed by atoms with Crippen molar-refractivity contribution in [1.29, 1.82) is 0 Å². The van der Waals surface area contributed by atoms with Gasteiger partial charge in [0.1, 0.15) is 6.61 Å². The summed E-state index contributed by atoms with van der Waals surface area (Å²) < 4.78 is 15.3. The average molecular weight is 281 g/mol. The number of rotatable bonds is 6. The molecule has 0 radical (unpaired) electrons. The molecule has 0 amide bonds. The molecule has 0 saturated carbocycles. The molecule has 1 aromatic heterocycles. The second kappa shape index (κ2) is 6.88. The van der Waals surface area contributed by atoms with Crippen LogP contribution in [0.15, 0.2) is 18.2 Å². The quantitative estimate of drug-likeness (QED) is 0.741. The van der Waals surface area contributed by atoms with Crippen molar-refractivity contribution < 1.29 is 23.8 Å². The van der Waals surface area contributed by atoms with Crippen molar-refractivity contribution in [3.63, 3.8) is 0 Å². The Labute approximate surface area is 118 Å². The van der Waals surface area contributed by atoms with Crippen LogP contribution in [0.25, 0.3) is 0 Å². The molecule has 0 aliphatic carbocycles. The average Bonchev–Trinajstić information content (AvgIpc) is 2.36. The zero-order chi connectivity index (χ0) is 15.2. The second-order valence-corrected chi connectivity index (χ2v) is 4.58. The van der Waals surface area contributed by atoms with Crippen LogP contribution < -0.4 is 4.74 Å². The molecule has 0 saturated heterocycles. The molecule has 0 aliphatic rings. The Bertz CT molecular complexity index is 484. The van der Waals surface area contributed by atoms with Gasteiger partial charge in [0.15, 0.2) is 0 Å². The van der Waals surface area contributed by atoms with Crippen LogP contribution >= 0.6 is 0 Å². The second-order valence-electron chi connectivity index (χ2n) is 4.58. The van der Waals surface area contributed by atoms with Crippen molar-refractivity contribution in [3.8, 4) is 5.88 Å². The van der Waals surface area contributed by atoms with E-state index in [0.717, 1.165) is 0 Å². The summed E-state index contributed by atoms with van der Waals surface area (Å²) in [6, 6.07) is 5.04. The zero-order valence-electron chi connectivity index (χ0n) is 12.1. The first kappa shape index (κ1) is 15.9. The lowest BCUT2D eigenvalue weighted by Crippen LogP contribution is -2.40. The highest BCUT2D eigenvalue weighted by molar-refractivity contribution is 5.78. The van der Waals surface area contributed by atoms with Crippen molar-refractivity contribution in [3.05, 3.63) is 23.9 Å². The lowest BCUT2D eigenvalue weighted by molar-refractivity contribution is -0.158. The van der Waals surface area contributed by atoms with Gasteiger partial charge in [-0.1, -0.05) is 6.07 Å². The van der Waals surface area contributed by atoms with Crippen molar-refractivity contribution in [2.24, 2.45) is 0 Å². The Morgan fingerprint density at radius 1 is 1.25 bits per heavy atom. The third kappa shape index (κ3) is 4.87. The summed E-state index contributed by atoms with van der Waals surface area (Å²) in [5.74, 6) is -0.579. The van der Waals surface area contributed by atoms with E-state index >= 15 is 0 Å². The van der Waals surface area contributed by atoms with Gasteiger partial charge >= 0.3 is 11.9 Å². The molecule has 20 heavy (non-hydrogen) atoms. The Morgan fingerprint density at radius 3 is 2.55 bits per heavy atom. The van der Waals surface area contributed by atoms with Crippen LogP contribution in [-0.4, -0.2) is 29.1 Å². The number of hydrogen-bond donors (Lipinski definition) is 0. The standard InChI is InChI=1S/C14H19NO5/c1-5-18-13(17)14(3,4)20-12-8-6-7-11(15-12)9-19-10(2)16/h6-8H,5,9H2,1-4H3. The lowest BCUT2D eigenvalue weighted by atomic mass is 10.1. The largest absolute Gasteiger partial charge is 0.463 e. The Balaban J connectivity index is 2.74. The molecular weight excluding hydrogens is 262 g/mol. The molecular formula is C14H19NO5. The van der Waals surface area contributed by atoms with Gasteiger partial charge in [0, 0.05) is 13.0 Å². The van der Waals surface area contributed by atoms with Crippen molar-refractivity contribution in [2.75, 3.05) is 6.61 Å². The highest BCUT2D eigenvalue weighted by Gasteiger charge is 2.32. The number of carbonyl (C=O) groups excluding carboxylic acids is 2. The maximum Gasteiger partial charge on any atom is 0.349 e. The summed E-state index contributed by atoms with van der Waals surface area (Å²) in [6.45, 7) is 6.60. The van der Waals surface area contributed by atoms with Gasteiger partial charge < -0.3 is 14.2 Å². The van der Waals surface area contributed by atoms with Crippen LogP contribution in [0, 0.1) is 0 Å². The van der Waals surface area contributed by atoms with Gasteiger partial charge in [-0.2, -0.15) is 0 Å². The SMILES string of the molecule is CCOC(=O)C(C)(C)Oc1cccc(COC(C)=O)n1. The van der Waals surface area contributed by atoms with E-state index in [9.17, 15) is 9.59 Å². The number of esters is 2. The molecule has 0 atom stereocenters. The van der Waals surface area contributed by atoms with Gasteiger partial charge in [-0.05, 0) is 26.8 Å². The van der Waals surface area contributed by atoms with E-state index in [-0.39, 0.29) is 25.1 Å². The van der Waals surface area contributed by atoms with Gasteiger partial charge in [0.05, 0.1) is 12.3 Å². The lowest BCUT2D eigenvalue weighted by Gasteiger charge is -2.23. The third-order valence-electron chi connectivity index (χ3n) is 2.33. The van der Waals surface area contributed by atoms with E-state index in [1.54, 1.807) is 39.0 Å². The highest BCUT2D eigenvalue weighted by Crippen LogP contribution is 2.18. The smallest absolute Gasteiger partial charge is 0.349 e. The number of nitrogens with zero attached hydrogens (tertiary/aromatic N) is 1. The molecule has 0 aliphatic heterocycles. The topological polar surface area (TPSA) is 74.7 Å². The highest BCUT2D eigenvalue weighted by atomic mass is 16.6. The molecule has 0 bridgehead atoms. The van der Waals surface area contributed by atoms with Crippen molar-refractivity contribution in [1.82, 2.24) is 4.98 Å². The van der Waals surface area contributed by atoms with Crippen LogP contribution in [-0.2, 0) is 25.7 Å². The number of aromatic nitrogens is 1. The summed E-state index contributed by atoms with van der Waals surface area (Å²) in [4.78, 5) is 26.6. The van der Waals surface area contributed by atoms with E-state index in [0.29, 0.717) is 5.69 Å². The summed E-state index contributed by atoms with van der Waals surface area (Å²) in [5.41, 5.74) is -0.597. The van der Waals surface area contributed by atoms with Crippen LogP contribution in [0.3, 0.4) is 0 Å². The number of pyridine rings is 1. The molecule has 1 rings (SSSR count). The fraction of sp³-hybridized carbons (Fsp3) is 0.500. The molecule has 0 unspecified atom stereocenters. The van der Waals surface area contributed by atoms with Crippen molar-refractivity contribution in [2.45, 2.75) is 39.9 Å². The van der Waals surface area contributed by atoms with Gasteiger partial charge in [-0.25, -0.2) is 9.78 Å². The van der Waals surface area contributed by atoms with Gasteiger partial charge in [0.25, 0.3) is 0 Å². The van der Waals surface area contributed by atoms with Gasteiger partial charge in [0.2, 0.25) is 11.5 Å². The summed E-state index contributed by atoms with van der Waals surface area (Å²) in [6.07, 6.45) is 0. The van der Waals surface area contributed by atoms with E-state index in [4.69, 9.17) is 14.2 Å². The van der Waals surface area contributed by atoms with Gasteiger partial charge in [-0.15, -0.1) is 0 Å². The van der Waals surface area contributed by atoms with Crippen LogP contribution in [0.2, 0.25) is 0 Å². The minimum atomic E-state index is -1.14. The monoisotopic (exact) mass is 281 g/mol. The Hall–Kier alpha value is -2.11. The molecule has 0 N–H and O–H groups in total. The first-order valence-electron chi connectivity index (χ1n) is 6.30. The number of carbonyl (C=O) groups is 2. The molecule has 0 aromatic carbocycles. The van der Waals surface area contributed by atoms with E-state index < -0.39 is 11.6 Å². The van der Waals surface area contributed by atoms with Gasteiger partial charge in [-0.3, -0.25) is 4.79 Å². The minimum Gasteiger partial charge on any atom is -0.463 e. The maximum absolute atomic E-state index is 11.7. The maximum atomic E-state index is 11.7. The molecule has 6 heteroatoms. The molecule has 1 heterocycles. The summed E-state index contributed by atoms with van der Waals surface area (Å²) >= 11 is 0. The number of ether oxygens (including phenoxy) is 3. The zero-order valence-corrected chi connectivity index (χ0v) is 12.1.